The molecule has 0 spiro atoms. The van der Waals surface area contributed by atoms with Gasteiger partial charge in [-0.15, -0.1) is 0 Å². The highest BCUT2D eigenvalue weighted by molar-refractivity contribution is 8.87. The Labute approximate surface area is 228 Å². The van der Waals surface area contributed by atoms with Crippen LogP contribution in [0.2, 0.25) is 0 Å². The summed E-state index contributed by atoms with van der Waals surface area (Å²) < 4.78 is 54.4. The lowest BCUT2D eigenvalue weighted by atomic mass is 10.1. The molecule has 0 heterocycles. The summed E-state index contributed by atoms with van der Waals surface area (Å²) in [5.74, 6) is 0.933. The maximum atomic E-state index is 13.5. The summed E-state index contributed by atoms with van der Waals surface area (Å²) >= 11 is 0. The molecule has 0 aliphatic rings. The molecule has 0 aliphatic heterocycles. The summed E-state index contributed by atoms with van der Waals surface area (Å²) in [5.41, 5.74) is -0.0581. The van der Waals surface area contributed by atoms with E-state index in [1.807, 2.05) is 0 Å². The Balaban J connectivity index is 2.63. The lowest BCUT2D eigenvalue weighted by molar-refractivity contribution is 0.107. The first kappa shape index (κ1) is 30.7. The number of carbonyl (C=O) groups is 2. The highest BCUT2D eigenvalue weighted by Crippen LogP contribution is 2.57. The first-order valence-corrected chi connectivity index (χ1v) is 12.8. The first-order valence-electron chi connectivity index (χ1n) is 10.6. The minimum Gasteiger partial charge on any atom is -0.492 e. The van der Waals surface area contributed by atoms with Crippen LogP contribution in [0.5, 0.6) is 57.5 Å². The van der Waals surface area contributed by atoms with Gasteiger partial charge in [-0.2, -0.15) is 0 Å². The van der Waals surface area contributed by atoms with Gasteiger partial charge in [-0.1, -0.05) is 0 Å². The van der Waals surface area contributed by atoms with E-state index < -0.39 is 10.2 Å². The molecule has 2 aromatic carbocycles. The number of benzene rings is 2. The molecule has 12 nitrogen and oxygen atoms in total. The zero-order chi connectivity index (χ0) is 28.6. The Hall–Kier alpha value is -3.52. The highest BCUT2D eigenvalue weighted by atomic mass is 33.1. The van der Waals surface area contributed by atoms with Crippen molar-refractivity contribution in [2.24, 2.45) is 0 Å². The predicted molar refractivity (Wildman–Crippen MR) is 142 cm³/mol. The molecule has 0 bridgehead atoms. The molecule has 2 aromatic rings. The normalized spacial score (nSPS) is 10.3. The minimum atomic E-state index is -0.596. The second kappa shape index (κ2) is 13.9. The van der Waals surface area contributed by atoms with Crippen LogP contribution in [0.25, 0.3) is 0 Å². The van der Waals surface area contributed by atoms with Gasteiger partial charge < -0.3 is 47.4 Å². The van der Waals surface area contributed by atoms with Crippen molar-refractivity contribution in [1.82, 2.24) is 0 Å². The van der Waals surface area contributed by atoms with Gasteiger partial charge in [0.1, 0.15) is 11.1 Å². The molecule has 0 aliphatic carbocycles. The molecule has 0 atom stereocenters. The number of ether oxygens (including phenoxy) is 10. The zero-order valence-corrected chi connectivity index (χ0v) is 24.3. The van der Waals surface area contributed by atoms with Gasteiger partial charge in [-0.3, -0.25) is 9.59 Å². The molecule has 0 saturated heterocycles. The largest absolute Gasteiger partial charge is 0.492 e. The summed E-state index contributed by atoms with van der Waals surface area (Å²) in [7, 11) is 15.0. The average Bonchev–Trinajstić information content (AvgIpc) is 2.95. The first-order chi connectivity index (χ1) is 18.3. The van der Waals surface area contributed by atoms with E-state index in [2.05, 4.69) is 0 Å². The lowest BCUT2D eigenvalue weighted by Gasteiger charge is -2.21. The number of methoxy groups -OCH3 is 10. The van der Waals surface area contributed by atoms with E-state index in [0.717, 1.165) is 0 Å². The topological polar surface area (TPSA) is 126 Å². The van der Waals surface area contributed by atoms with Gasteiger partial charge in [-0.25, -0.2) is 0 Å². The smallest absolute Gasteiger partial charge is 0.238 e. The maximum absolute atomic E-state index is 13.5. The van der Waals surface area contributed by atoms with Crippen LogP contribution >= 0.6 is 21.6 Å². The highest BCUT2D eigenvalue weighted by Gasteiger charge is 2.35. The third kappa shape index (κ3) is 5.36. The summed E-state index contributed by atoms with van der Waals surface area (Å²) in [4.78, 5) is 27.0. The number of rotatable bonds is 12. The van der Waals surface area contributed by atoms with Gasteiger partial charge in [0.25, 0.3) is 0 Å². The number of hydrogen-bond donors (Lipinski definition) is 0. The van der Waals surface area contributed by atoms with Gasteiger partial charge >= 0.3 is 0 Å². The molecular formula is C24H30O12S2. The third-order valence-electron chi connectivity index (χ3n) is 5.20. The van der Waals surface area contributed by atoms with Crippen LogP contribution in [0.1, 0.15) is 20.7 Å². The quantitative estimate of drug-likeness (QED) is 0.337. The Kier molecular flexibility index (Phi) is 11.2. The van der Waals surface area contributed by atoms with Crippen LogP contribution in [-0.2, 0) is 0 Å². The summed E-state index contributed by atoms with van der Waals surface area (Å²) in [5, 5.41) is -1.19. The fraction of sp³-hybridized carbons (Fsp3) is 0.417. The van der Waals surface area contributed by atoms with Crippen molar-refractivity contribution in [2.75, 3.05) is 71.1 Å². The van der Waals surface area contributed by atoms with Crippen molar-refractivity contribution in [2.45, 2.75) is 0 Å². The van der Waals surface area contributed by atoms with Crippen LogP contribution in [-0.4, -0.2) is 81.3 Å². The van der Waals surface area contributed by atoms with Crippen LogP contribution in [0.4, 0.5) is 0 Å². The second-order valence-corrected chi connectivity index (χ2v) is 8.90. The molecule has 210 valence electrons. The predicted octanol–water partition coefficient (Wildman–Crippen LogP) is 4.13. The molecule has 0 amide bonds. The second-order valence-electron chi connectivity index (χ2n) is 6.82. The molecule has 0 aromatic heterocycles. The van der Waals surface area contributed by atoms with E-state index in [9.17, 15) is 9.59 Å². The molecule has 0 radical (unpaired) electrons. The van der Waals surface area contributed by atoms with Crippen LogP contribution in [0.15, 0.2) is 0 Å². The van der Waals surface area contributed by atoms with E-state index in [-0.39, 0.29) is 68.6 Å². The molecule has 2 rings (SSSR count). The number of carbonyl (C=O) groups excluding carboxylic acids is 2. The minimum absolute atomic E-state index is 0.0291. The number of hydrogen-bond acceptors (Lipinski definition) is 14. The van der Waals surface area contributed by atoms with Crippen molar-refractivity contribution in [1.29, 1.82) is 0 Å². The van der Waals surface area contributed by atoms with E-state index in [1.165, 1.54) is 71.1 Å². The summed E-state index contributed by atoms with van der Waals surface area (Å²) in [6, 6.07) is 0. The van der Waals surface area contributed by atoms with Gasteiger partial charge in [0, 0.05) is 0 Å². The fourth-order valence-corrected chi connectivity index (χ4v) is 5.34. The fourth-order valence-electron chi connectivity index (χ4n) is 3.70. The van der Waals surface area contributed by atoms with Crippen molar-refractivity contribution in [3.05, 3.63) is 11.1 Å². The van der Waals surface area contributed by atoms with Crippen LogP contribution < -0.4 is 47.4 Å². The van der Waals surface area contributed by atoms with Crippen molar-refractivity contribution >= 4 is 31.8 Å². The van der Waals surface area contributed by atoms with Gasteiger partial charge in [0.05, 0.1) is 71.1 Å². The van der Waals surface area contributed by atoms with Gasteiger partial charge in [0.15, 0.2) is 23.0 Å². The molecule has 0 saturated carbocycles. The molecule has 0 fully saturated rings. The Morgan fingerprint density at radius 2 is 0.500 bits per heavy atom. The van der Waals surface area contributed by atoms with Crippen LogP contribution in [0.3, 0.4) is 0 Å². The molecule has 38 heavy (non-hydrogen) atoms. The summed E-state index contributed by atoms with van der Waals surface area (Å²) in [6.45, 7) is 0. The molecule has 14 heteroatoms. The standard InChI is InChI=1S/C24H30O12S2/c1-27-13-11(14(28-2)18(32-6)21(35-9)17(13)31-5)23(25)37-38-24(26)12-15(29-3)19(33-7)22(36-10)20(34-8)16(12)30-4/h1-10H3. The SMILES string of the molecule is COc1c(OC)c(OC)c(C(=O)SSC(=O)c2c(OC)c(OC)c(OC)c(OC)c2OC)c(OC)c1OC. The van der Waals surface area contributed by atoms with E-state index in [0.29, 0.717) is 21.6 Å². The van der Waals surface area contributed by atoms with Crippen molar-refractivity contribution < 1.29 is 57.0 Å². The van der Waals surface area contributed by atoms with Gasteiger partial charge in [0.2, 0.25) is 44.7 Å². The Morgan fingerprint density at radius 1 is 0.342 bits per heavy atom. The van der Waals surface area contributed by atoms with Crippen molar-refractivity contribution in [3.63, 3.8) is 0 Å². The molecule has 0 unspecified atom stereocenters. The van der Waals surface area contributed by atoms with E-state index >= 15 is 0 Å². The Bertz CT molecular complexity index is 1020. The molecular weight excluding hydrogens is 544 g/mol. The Morgan fingerprint density at radius 3 is 0.658 bits per heavy atom. The average molecular weight is 575 g/mol. The monoisotopic (exact) mass is 574 g/mol. The van der Waals surface area contributed by atoms with E-state index in [1.54, 1.807) is 0 Å². The van der Waals surface area contributed by atoms with Crippen LogP contribution in [0, 0.1) is 0 Å². The van der Waals surface area contributed by atoms with Crippen molar-refractivity contribution in [3.8, 4) is 57.5 Å². The maximum Gasteiger partial charge on any atom is 0.238 e. The van der Waals surface area contributed by atoms with E-state index in [4.69, 9.17) is 47.4 Å². The zero-order valence-electron chi connectivity index (χ0n) is 22.7. The third-order valence-corrected chi connectivity index (χ3v) is 7.15. The molecule has 0 N–H and O–H groups in total. The van der Waals surface area contributed by atoms with Gasteiger partial charge in [-0.05, 0) is 21.6 Å². The summed E-state index contributed by atoms with van der Waals surface area (Å²) in [6.07, 6.45) is 0. The lowest BCUT2D eigenvalue weighted by Crippen LogP contribution is -2.09.